The van der Waals surface area contributed by atoms with Crippen LogP contribution in [0.15, 0.2) is 10.6 Å². The second-order valence-corrected chi connectivity index (χ2v) is 1.70. The van der Waals surface area contributed by atoms with Gasteiger partial charge in [-0.3, -0.25) is 4.79 Å². The topological polar surface area (TPSA) is 81.2 Å². The van der Waals surface area contributed by atoms with Crippen molar-refractivity contribution >= 4 is 11.7 Å². The van der Waals surface area contributed by atoms with E-state index in [2.05, 4.69) is 15.0 Å². The first-order valence-electron chi connectivity index (χ1n) is 2.68. The van der Waals surface area contributed by atoms with Gasteiger partial charge in [-0.15, -0.1) is 0 Å². The van der Waals surface area contributed by atoms with Crippen LogP contribution in [0, 0.1) is 0 Å². The maximum atomic E-state index is 10.7. The molecule has 54 valence electrons. The molecule has 0 aromatic carbocycles. The minimum absolute atomic E-state index is 0.125. The predicted octanol–water partition coefficient (Wildman–Crippen LogP) is -0.384. The zero-order valence-corrected chi connectivity index (χ0v) is 5.42. The van der Waals surface area contributed by atoms with Gasteiger partial charge in [0.25, 0.3) is 5.91 Å². The van der Waals surface area contributed by atoms with Gasteiger partial charge in [0, 0.05) is 13.1 Å². The van der Waals surface area contributed by atoms with Crippen LogP contribution in [0.25, 0.3) is 0 Å². The van der Waals surface area contributed by atoms with Crippen LogP contribution in [-0.2, 0) is 0 Å². The van der Waals surface area contributed by atoms with E-state index in [1.807, 2.05) is 0 Å². The zero-order chi connectivity index (χ0) is 7.56. The molecule has 1 rings (SSSR count). The van der Waals surface area contributed by atoms with Crippen LogP contribution in [-0.4, -0.2) is 18.1 Å². The molecule has 0 saturated heterocycles. The molecule has 0 spiro atoms. The number of hydrogen-bond donors (Lipinski definition) is 2. The Morgan fingerprint density at radius 3 is 3.00 bits per heavy atom. The quantitative estimate of drug-likeness (QED) is 0.558. The van der Waals surface area contributed by atoms with Crippen molar-refractivity contribution in [3.63, 3.8) is 0 Å². The number of nitrogens with two attached hydrogens (primary N) is 1. The Morgan fingerprint density at radius 2 is 2.60 bits per heavy atom. The van der Waals surface area contributed by atoms with Crippen molar-refractivity contribution in [3.05, 3.63) is 11.8 Å². The average molecular weight is 141 g/mol. The highest BCUT2D eigenvalue weighted by molar-refractivity contribution is 5.91. The summed E-state index contributed by atoms with van der Waals surface area (Å²) in [5.41, 5.74) is 5.19. The summed E-state index contributed by atoms with van der Waals surface area (Å²) in [6.45, 7) is 0. The Hall–Kier alpha value is -1.52. The van der Waals surface area contributed by atoms with E-state index < -0.39 is 0 Å². The van der Waals surface area contributed by atoms with Crippen LogP contribution in [0.2, 0.25) is 0 Å². The first-order chi connectivity index (χ1) is 4.74. The van der Waals surface area contributed by atoms with Crippen LogP contribution in [0.3, 0.4) is 0 Å². The summed E-state index contributed by atoms with van der Waals surface area (Å²) >= 11 is 0. The second-order valence-electron chi connectivity index (χ2n) is 1.70. The largest absolute Gasteiger partial charge is 0.381 e. The molecule has 1 heterocycles. The lowest BCUT2D eigenvalue weighted by Gasteiger charge is -1.88. The Balaban J connectivity index is 2.85. The second kappa shape index (κ2) is 2.38. The van der Waals surface area contributed by atoms with Gasteiger partial charge in [-0.1, -0.05) is 5.16 Å². The first-order valence-corrected chi connectivity index (χ1v) is 2.68. The van der Waals surface area contributed by atoms with Crippen LogP contribution in [0.4, 0.5) is 5.82 Å². The highest BCUT2D eigenvalue weighted by Crippen LogP contribution is 2.02. The van der Waals surface area contributed by atoms with Gasteiger partial charge in [-0.25, -0.2) is 0 Å². The number of nitrogens with zero attached hydrogens (tertiary/aromatic N) is 1. The van der Waals surface area contributed by atoms with Crippen molar-refractivity contribution in [2.24, 2.45) is 0 Å². The molecule has 0 radical (unpaired) electrons. The van der Waals surface area contributed by atoms with Crippen molar-refractivity contribution in [1.82, 2.24) is 10.5 Å². The van der Waals surface area contributed by atoms with E-state index in [0.717, 1.165) is 0 Å². The molecule has 1 amide bonds. The van der Waals surface area contributed by atoms with Crippen LogP contribution in [0.5, 0.6) is 0 Å². The van der Waals surface area contributed by atoms with Gasteiger partial charge in [-0.05, 0) is 0 Å². The lowest BCUT2D eigenvalue weighted by Crippen LogP contribution is -2.16. The van der Waals surface area contributed by atoms with E-state index in [1.54, 1.807) is 0 Å². The average Bonchev–Trinajstić information content (AvgIpc) is 2.34. The van der Waals surface area contributed by atoms with Crippen molar-refractivity contribution in [1.29, 1.82) is 0 Å². The Labute approximate surface area is 57.2 Å². The number of carbonyl (C=O) groups is 1. The lowest BCUT2D eigenvalue weighted by molar-refractivity contribution is 0.0926. The summed E-state index contributed by atoms with van der Waals surface area (Å²) in [7, 11) is 1.50. The molecular formula is C5H7N3O2. The molecule has 3 N–H and O–H groups in total. The number of nitrogens with one attached hydrogen (secondary N) is 1. The number of hydrogen-bond acceptors (Lipinski definition) is 4. The van der Waals surface area contributed by atoms with Gasteiger partial charge in [0.05, 0.1) is 0 Å². The van der Waals surface area contributed by atoms with Crippen LogP contribution < -0.4 is 11.1 Å². The minimum atomic E-state index is -0.329. The standard InChI is InChI=1S/C5H7N3O2/c1-7-5(9)3-2-4(6)8-10-3/h2H,1H3,(H2,6,8)(H,7,9). The minimum Gasteiger partial charge on any atom is -0.381 e. The van der Waals surface area contributed by atoms with E-state index in [4.69, 9.17) is 5.73 Å². The van der Waals surface area contributed by atoms with E-state index in [1.165, 1.54) is 13.1 Å². The summed E-state index contributed by atoms with van der Waals surface area (Å²) in [5.74, 6) is 0.00259. The predicted molar refractivity (Wildman–Crippen MR) is 34.3 cm³/mol. The molecular weight excluding hydrogens is 134 g/mol. The molecule has 0 aliphatic rings. The van der Waals surface area contributed by atoms with Gasteiger partial charge in [-0.2, -0.15) is 0 Å². The fourth-order valence-electron chi connectivity index (χ4n) is 0.519. The number of nitrogen functional groups attached to an aromatic ring is 1. The number of aromatic nitrogens is 1. The molecule has 0 saturated carbocycles. The third-order valence-electron chi connectivity index (χ3n) is 0.979. The Kier molecular flexibility index (Phi) is 1.57. The third kappa shape index (κ3) is 1.07. The fraction of sp³-hybridized carbons (Fsp3) is 0.200. The zero-order valence-electron chi connectivity index (χ0n) is 5.42. The third-order valence-corrected chi connectivity index (χ3v) is 0.979. The summed E-state index contributed by atoms with van der Waals surface area (Å²) < 4.78 is 4.53. The smallest absolute Gasteiger partial charge is 0.289 e. The van der Waals surface area contributed by atoms with Crippen molar-refractivity contribution in [3.8, 4) is 0 Å². The number of amides is 1. The van der Waals surface area contributed by atoms with Crippen LogP contribution >= 0.6 is 0 Å². The van der Waals surface area contributed by atoms with Gasteiger partial charge in [0.2, 0.25) is 5.76 Å². The number of rotatable bonds is 1. The van der Waals surface area contributed by atoms with Gasteiger partial charge < -0.3 is 15.6 Å². The molecule has 5 heteroatoms. The van der Waals surface area contributed by atoms with E-state index in [0.29, 0.717) is 0 Å². The van der Waals surface area contributed by atoms with E-state index in [9.17, 15) is 4.79 Å². The summed E-state index contributed by atoms with van der Waals surface area (Å²) in [4.78, 5) is 10.7. The van der Waals surface area contributed by atoms with Crippen molar-refractivity contribution in [2.75, 3.05) is 12.8 Å². The first kappa shape index (κ1) is 6.60. The molecule has 0 bridgehead atoms. The number of anilines is 1. The summed E-state index contributed by atoms with van der Waals surface area (Å²) in [5, 5.41) is 5.69. The molecule has 0 atom stereocenters. The molecule has 5 nitrogen and oxygen atoms in total. The molecule has 1 aromatic rings. The Bertz CT molecular complexity index is 243. The van der Waals surface area contributed by atoms with Gasteiger partial charge in [0.15, 0.2) is 5.82 Å². The maximum Gasteiger partial charge on any atom is 0.289 e. The molecule has 0 unspecified atom stereocenters. The van der Waals surface area contributed by atoms with Gasteiger partial charge >= 0.3 is 0 Å². The monoisotopic (exact) mass is 141 g/mol. The van der Waals surface area contributed by atoms with E-state index in [-0.39, 0.29) is 17.5 Å². The molecule has 0 aliphatic heterocycles. The number of carbonyl (C=O) groups excluding carboxylic acids is 1. The maximum absolute atomic E-state index is 10.7. The molecule has 1 aromatic heterocycles. The summed E-state index contributed by atoms with van der Waals surface area (Å²) in [6, 6.07) is 1.36. The van der Waals surface area contributed by atoms with Gasteiger partial charge in [0.1, 0.15) is 0 Å². The normalized spacial score (nSPS) is 9.30. The van der Waals surface area contributed by atoms with Crippen LogP contribution in [0.1, 0.15) is 10.6 Å². The highest BCUT2D eigenvalue weighted by Gasteiger charge is 2.08. The van der Waals surface area contributed by atoms with Crippen molar-refractivity contribution < 1.29 is 9.32 Å². The van der Waals surface area contributed by atoms with Crippen molar-refractivity contribution in [2.45, 2.75) is 0 Å². The lowest BCUT2D eigenvalue weighted by atomic mass is 10.4. The SMILES string of the molecule is CNC(=O)c1cc(N)no1. The Morgan fingerprint density at radius 1 is 1.90 bits per heavy atom. The fourth-order valence-corrected chi connectivity index (χ4v) is 0.519. The van der Waals surface area contributed by atoms with E-state index >= 15 is 0 Å². The highest BCUT2D eigenvalue weighted by atomic mass is 16.5. The molecule has 0 fully saturated rings. The summed E-state index contributed by atoms with van der Waals surface area (Å²) in [6.07, 6.45) is 0. The molecule has 10 heavy (non-hydrogen) atoms. The molecule has 0 aliphatic carbocycles.